The van der Waals surface area contributed by atoms with Gasteiger partial charge in [0.15, 0.2) is 0 Å². The Morgan fingerprint density at radius 3 is 2.59 bits per heavy atom. The van der Waals surface area contributed by atoms with E-state index in [0.29, 0.717) is 12.6 Å². The number of anilines is 1. The van der Waals surface area contributed by atoms with Crippen LogP contribution in [0.4, 0.5) is 10.1 Å². The number of hydrogen-bond acceptors (Lipinski definition) is 4. The molecule has 0 bridgehead atoms. The molecule has 0 aliphatic heterocycles. The number of methoxy groups -OCH3 is 1. The molecule has 5 heteroatoms. The Labute approximate surface area is 131 Å². The number of nitrogens with zero attached hydrogens (tertiary/aromatic N) is 1. The number of nitrogens with two attached hydrogens (primary N) is 1. The van der Waals surface area contributed by atoms with E-state index < -0.39 is 0 Å². The van der Waals surface area contributed by atoms with Crippen molar-refractivity contribution in [3.8, 4) is 0 Å². The number of benzene rings is 1. The lowest BCUT2D eigenvalue weighted by Gasteiger charge is -2.35. The van der Waals surface area contributed by atoms with Gasteiger partial charge in [-0.25, -0.2) is 4.39 Å². The third kappa shape index (κ3) is 3.97. The summed E-state index contributed by atoms with van der Waals surface area (Å²) in [5, 5.41) is 0. The van der Waals surface area contributed by atoms with Crippen molar-refractivity contribution in [3.63, 3.8) is 0 Å². The standard InChI is InChI=1S/C17H25FN2O2/c1-3-20(11-12-4-9-16(19)15(18)10-12)14-7-5-13(6-8-14)17(21)22-2/h4,9-10,13-14H,3,5-8,11,19H2,1-2H3/t13-,14-. The van der Waals surface area contributed by atoms with Gasteiger partial charge in [0.05, 0.1) is 18.7 Å². The summed E-state index contributed by atoms with van der Waals surface area (Å²) in [4.78, 5) is 13.9. The van der Waals surface area contributed by atoms with Gasteiger partial charge in [-0.1, -0.05) is 13.0 Å². The fraction of sp³-hybridized carbons (Fsp3) is 0.588. The highest BCUT2D eigenvalue weighted by molar-refractivity contribution is 5.72. The van der Waals surface area contributed by atoms with E-state index in [1.54, 1.807) is 6.07 Å². The van der Waals surface area contributed by atoms with Gasteiger partial charge in [-0.15, -0.1) is 0 Å². The zero-order chi connectivity index (χ0) is 16.1. The lowest BCUT2D eigenvalue weighted by atomic mass is 9.85. The monoisotopic (exact) mass is 308 g/mol. The minimum absolute atomic E-state index is 0.0360. The number of rotatable bonds is 5. The molecule has 1 aliphatic rings. The van der Waals surface area contributed by atoms with Gasteiger partial charge in [-0.3, -0.25) is 9.69 Å². The van der Waals surface area contributed by atoms with E-state index in [9.17, 15) is 9.18 Å². The molecule has 1 saturated carbocycles. The number of esters is 1. The Bertz CT molecular complexity index is 513. The number of hydrogen-bond donors (Lipinski definition) is 1. The molecule has 0 amide bonds. The Balaban J connectivity index is 1.95. The molecule has 0 unspecified atom stereocenters. The Morgan fingerprint density at radius 2 is 2.05 bits per heavy atom. The Hall–Kier alpha value is -1.62. The van der Waals surface area contributed by atoms with Crippen molar-refractivity contribution in [1.29, 1.82) is 0 Å². The molecule has 122 valence electrons. The molecule has 0 aromatic heterocycles. The van der Waals surface area contributed by atoms with Crippen LogP contribution in [0.3, 0.4) is 0 Å². The van der Waals surface area contributed by atoms with E-state index in [1.165, 1.54) is 13.2 Å². The topological polar surface area (TPSA) is 55.6 Å². The first-order chi connectivity index (χ1) is 10.5. The molecular weight excluding hydrogens is 283 g/mol. The molecule has 1 fully saturated rings. The quantitative estimate of drug-likeness (QED) is 0.671. The molecule has 22 heavy (non-hydrogen) atoms. The second-order valence-corrected chi connectivity index (χ2v) is 5.95. The summed E-state index contributed by atoms with van der Waals surface area (Å²) in [5.41, 5.74) is 6.64. The number of carbonyl (C=O) groups excluding carboxylic acids is 1. The summed E-state index contributed by atoms with van der Waals surface area (Å²) >= 11 is 0. The normalized spacial score (nSPS) is 21.8. The zero-order valence-corrected chi connectivity index (χ0v) is 13.3. The van der Waals surface area contributed by atoms with Crippen molar-refractivity contribution >= 4 is 11.7 Å². The third-order valence-corrected chi connectivity index (χ3v) is 4.60. The van der Waals surface area contributed by atoms with Crippen LogP contribution in [-0.2, 0) is 16.1 Å². The van der Waals surface area contributed by atoms with Crippen LogP contribution in [0.5, 0.6) is 0 Å². The molecule has 1 aromatic rings. The predicted molar refractivity (Wildman–Crippen MR) is 84.7 cm³/mol. The van der Waals surface area contributed by atoms with Gasteiger partial charge >= 0.3 is 5.97 Å². The van der Waals surface area contributed by atoms with Crippen molar-refractivity contribution in [1.82, 2.24) is 4.90 Å². The second-order valence-electron chi connectivity index (χ2n) is 5.95. The molecule has 1 aliphatic carbocycles. The molecule has 0 radical (unpaired) electrons. The van der Waals surface area contributed by atoms with Gasteiger partial charge in [0.25, 0.3) is 0 Å². The van der Waals surface area contributed by atoms with Crippen LogP contribution >= 0.6 is 0 Å². The summed E-state index contributed by atoms with van der Waals surface area (Å²) in [6.45, 7) is 3.72. The van der Waals surface area contributed by atoms with Crippen LogP contribution < -0.4 is 5.73 Å². The fourth-order valence-electron chi connectivity index (χ4n) is 3.25. The Kier molecular flexibility index (Phi) is 5.77. The van der Waals surface area contributed by atoms with E-state index in [0.717, 1.165) is 37.8 Å². The highest BCUT2D eigenvalue weighted by Crippen LogP contribution is 2.29. The van der Waals surface area contributed by atoms with Crippen LogP contribution in [0.15, 0.2) is 18.2 Å². The first kappa shape index (κ1) is 16.7. The molecule has 1 aromatic carbocycles. The highest BCUT2D eigenvalue weighted by atomic mass is 19.1. The van der Waals surface area contributed by atoms with Gasteiger partial charge in [-0.2, -0.15) is 0 Å². The first-order valence-electron chi connectivity index (χ1n) is 7.91. The molecule has 0 saturated heterocycles. The van der Waals surface area contributed by atoms with Crippen molar-refractivity contribution in [3.05, 3.63) is 29.6 Å². The van der Waals surface area contributed by atoms with Gasteiger partial charge < -0.3 is 10.5 Å². The summed E-state index contributed by atoms with van der Waals surface area (Å²) in [7, 11) is 1.45. The SMILES string of the molecule is CCN(Cc1ccc(N)c(F)c1)[C@H]1CC[C@H](C(=O)OC)CC1. The van der Waals surface area contributed by atoms with Crippen molar-refractivity contribution in [2.24, 2.45) is 5.92 Å². The van der Waals surface area contributed by atoms with Crippen molar-refractivity contribution in [2.75, 3.05) is 19.4 Å². The summed E-state index contributed by atoms with van der Waals surface area (Å²) in [5.74, 6) is -0.418. The molecule has 4 nitrogen and oxygen atoms in total. The second kappa shape index (κ2) is 7.58. The smallest absolute Gasteiger partial charge is 0.308 e. The number of nitrogen functional groups attached to an aromatic ring is 1. The zero-order valence-electron chi connectivity index (χ0n) is 13.3. The number of carbonyl (C=O) groups is 1. The van der Waals surface area contributed by atoms with Gasteiger partial charge in [0, 0.05) is 12.6 Å². The van der Waals surface area contributed by atoms with Crippen LogP contribution in [-0.4, -0.2) is 30.6 Å². The minimum atomic E-state index is -0.358. The Morgan fingerprint density at radius 1 is 1.36 bits per heavy atom. The summed E-state index contributed by atoms with van der Waals surface area (Å²) in [6.07, 6.45) is 3.68. The van der Waals surface area contributed by atoms with Gasteiger partial charge in [0.1, 0.15) is 5.82 Å². The maximum atomic E-state index is 13.6. The van der Waals surface area contributed by atoms with E-state index in [2.05, 4.69) is 11.8 Å². The molecular formula is C17H25FN2O2. The van der Waals surface area contributed by atoms with E-state index in [4.69, 9.17) is 10.5 Å². The summed E-state index contributed by atoms with van der Waals surface area (Å²) in [6, 6.07) is 5.44. The molecule has 0 spiro atoms. The molecule has 2 rings (SSSR count). The van der Waals surface area contributed by atoms with Crippen LogP contribution in [0.1, 0.15) is 38.2 Å². The summed E-state index contributed by atoms with van der Waals surface area (Å²) < 4.78 is 18.4. The highest BCUT2D eigenvalue weighted by Gasteiger charge is 2.29. The largest absolute Gasteiger partial charge is 0.469 e. The van der Waals surface area contributed by atoms with E-state index in [1.807, 2.05) is 6.07 Å². The van der Waals surface area contributed by atoms with E-state index >= 15 is 0 Å². The predicted octanol–water partition coefficient (Wildman–Crippen LogP) is 2.96. The van der Waals surface area contributed by atoms with Gasteiger partial charge in [0.2, 0.25) is 0 Å². The molecule has 2 N–H and O–H groups in total. The molecule has 0 atom stereocenters. The van der Waals surface area contributed by atoms with Crippen LogP contribution in [0.25, 0.3) is 0 Å². The first-order valence-corrected chi connectivity index (χ1v) is 7.91. The third-order valence-electron chi connectivity index (χ3n) is 4.60. The van der Waals surface area contributed by atoms with Crippen LogP contribution in [0, 0.1) is 11.7 Å². The van der Waals surface area contributed by atoms with Crippen molar-refractivity contribution in [2.45, 2.75) is 45.2 Å². The van der Waals surface area contributed by atoms with E-state index in [-0.39, 0.29) is 23.4 Å². The van der Waals surface area contributed by atoms with Crippen molar-refractivity contribution < 1.29 is 13.9 Å². The van der Waals surface area contributed by atoms with Crippen LogP contribution in [0.2, 0.25) is 0 Å². The average molecular weight is 308 g/mol. The fourth-order valence-corrected chi connectivity index (χ4v) is 3.25. The number of ether oxygens (including phenoxy) is 1. The van der Waals surface area contributed by atoms with Gasteiger partial charge in [-0.05, 0) is 49.9 Å². The maximum Gasteiger partial charge on any atom is 0.308 e. The molecule has 0 heterocycles. The number of halogens is 1. The minimum Gasteiger partial charge on any atom is -0.469 e. The lowest BCUT2D eigenvalue weighted by molar-refractivity contribution is -0.146. The lowest BCUT2D eigenvalue weighted by Crippen LogP contribution is -2.38. The maximum absolute atomic E-state index is 13.6. The average Bonchev–Trinajstić information content (AvgIpc) is 2.55.